The predicted molar refractivity (Wildman–Crippen MR) is 316 cm³/mol. The zero-order valence-corrected chi connectivity index (χ0v) is 48.6. The molecule has 19 nitrogen and oxygen atoms in total. The Kier molecular flexibility index (Phi) is 19.1. The number of anilines is 1. The molecule has 2 aromatic heterocycles. The number of H-pyrrole nitrogens is 1. The lowest BCUT2D eigenvalue weighted by atomic mass is 9.83. The van der Waals surface area contributed by atoms with E-state index >= 15 is 0 Å². The number of piperazine rings is 1. The zero-order chi connectivity index (χ0) is 56.6. The van der Waals surface area contributed by atoms with Crippen molar-refractivity contribution in [1.82, 2.24) is 55.4 Å². The molecule has 1 unspecified atom stereocenters. The molecule has 7 aliphatic rings. The van der Waals surface area contributed by atoms with Crippen LogP contribution in [0.1, 0.15) is 136 Å². The number of halogens is 1. The van der Waals surface area contributed by atoms with Crippen molar-refractivity contribution in [2.45, 2.75) is 145 Å². The molecule has 442 valence electrons. The summed E-state index contributed by atoms with van der Waals surface area (Å²) in [6, 6.07) is 17.1. The highest BCUT2D eigenvalue weighted by Gasteiger charge is 2.41. The Hall–Kier alpha value is -5.70. The fraction of sp³-hybridized carbons (Fsp3) is 0.629. The van der Waals surface area contributed by atoms with Crippen molar-refractivity contribution in [3.05, 3.63) is 88.8 Å². The van der Waals surface area contributed by atoms with Gasteiger partial charge < -0.3 is 51.0 Å². The van der Waals surface area contributed by atoms with Gasteiger partial charge in [-0.15, -0.1) is 0 Å². The highest BCUT2D eigenvalue weighted by Crippen LogP contribution is 2.33. The van der Waals surface area contributed by atoms with Gasteiger partial charge in [0.05, 0.1) is 42.3 Å². The first-order chi connectivity index (χ1) is 39.9. The molecule has 82 heavy (non-hydrogen) atoms. The fourth-order valence-corrected chi connectivity index (χ4v) is 13.7. The van der Waals surface area contributed by atoms with Gasteiger partial charge in [0.2, 0.25) is 23.6 Å². The maximum atomic E-state index is 14.4. The van der Waals surface area contributed by atoms with Crippen molar-refractivity contribution in [2.24, 2.45) is 11.7 Å². The molecule has 0 radical (unpaired) electrons. The van der Waals surface area contributed by atoms with E-state index in [1.807, 2.05) is 69.4 Å². The van der Waals surface area contributed by atoms with Crippen LogP contribution in [-0.2, 0) is 23.9 Å². The molecule has 2 aliphatic carbocycles. The Morgan fingerprint density at radius 2 is 1.45 bits per heavy atom. The van der Waals surface area contributed by atoms with Gasteiger partial charge in [0.25, 0.3) is 5.91 Å². The highest BCUT2D eigenvalue weighted by atomic mass is 35.5. The number of benzene rings is 2. The van der Waals surface area contributed by atoms with Gasteiger partial charge in [-0.05, 0) is 131 Å². The number of piperidine rings is 4. The van der Waals surface area contributed by atoms with Crippen LogP contribution in [0.5, 0.6) is 0 Å². The quantitative estimate of drug-likeness (QED) is 0.0773. The van der Waals surface area contributed by atoms with Gasteiger partial charge in [0.1, 0.15) is 23.8 Å². The number of fused-ring (bicyclic) bond motifs is 1. The molecular weight excluding hydrogens is 1060 g/mol. The van der Waals surface area contributed by atoms with Crippen LogP contribution < -0.4 is 26.6 Å². The number of carbonyl (C=O) groups is 5. The topological polar surface area (TPSA) is 218 Å². The number of hydrogen-bond donors (Lipinski definition) is 5. The summed E-state index contributed by atoms with van der Waals surface area (Å²) in [7, 11) is 0. The first-order valence-electron chi connectivity index (χ1n) is 30.9. The molecule has 0 spiro atoms. The minimum Gasteiger partial charge on any atom is -0.375 e. The van der Waals surface area contributed by atoms with Gasteiger partial charge in [-0.25, -0.2) is 9.97 Å². The summed E-state index contributed by atoms with van der Waals surface area (Å²) in [5, 5.41) is 11.5. The molecule has 2 saturated carbocycles. The molecule has 4 aromatic rings. The summed E-state index contributed by atoms with van der Waals surface area (Å²) in [5.41, 5.74) is 9.27. The van der Waals surface area contributed by atoms with Crippen molar-refractivity contribution < 1.29 is 28.7 Å². The zero-order valence-electron chi connectivity index (χ0n) is 47.8. The van der Waals surface area contributed by atoms with Crippen molar-refractivity contribution in [3.8, 4) is 0 Å². The maximum Gasteiger partial charge on any atom is 0.251 e. The normalized spacial score (nSPS) is 22.7. The highest BCUT2D eigenvalue weighted by molar-refractivity contribution is 6.30. The van der Waals surface area contributed by atoms with Gasteiger partial charge in [0.15, 0.2) is 0 Å². The van der Waals surface area contributed by atoms with E-state index in [9.17, 15) is 24.0 Å². The first kappa shape index (κ1) is 58.1. The molecule has 5 amide bonds. The number of aromatic nitrogens is 3. The molecule has 0 bridgehead atoms. The summed E-state index contributed by atoms with van der Waals surface area (Å²) in [6.07, 6.45) is 17.9. The number of rotatable bonds is 19. The van der Waals surface area contributed by atoms with Crippen molar-refractivity contribution >= 4 is 58.0 Å². The molecule has 7 heterocycles. The lowest BCUT2D eigenvalue weighted by molar-refractivity contribution is -0.140. The van der Waals surface area contributed by atoms with E-state index in [4.69, 9.17) is 22.1 Å². The van der Waals surface area contributed by atoms with E-state index in [0.29, 0.717) is 94.8 Å². The second kappa shape index (κ2) is 26.9. The smallest absolute Gasteiger partial charge is 0.251 e. The summed E-state index contributed by atoms with van der Waals surface area (Å²) in [5.74, 6) is 1.09. The minimum atomic E-state index is -1.02. The standard InChI is InChI=1S/C62H86ClN13O6/c63-48-13-11-43(12-14-48)53(69-61(81)62(64)23-32-74(33-24-62)58-52-17-25-65-57(52)67-42-68-58)22-29-71-34-36-73(37-35-71)55(78)41-72-27-18-50(19-28-72)82-51-20-30-75(31-21-51)60(80)56(44-6-2-1-3-7-44)70-59(79)46-9-4-8-45(38-46)47-10-5-26-76(40-47)54(77)39-66-49-15-16-49/h4,8-9,11-14,17,25,38,42,44,47,49-51,53,56,66H,1-3,5-7,10,15-16,18-24,26-37,39-41,64H2,(H,69,81)(H,70,79)(H,65,67,68)/t47?,53-,56+/m0/s1. The van der Waals surface area contributed by atoms with E-state index in [2.05, 4.69) is 51.7 Å². The van der Waals surface area contributed by atoms with E-state index in [1.165, 1.54) is 0 Å². The average Bonchev–Trinajstić information content (AvgIpc) is 4.36. The maximum absolute atomic E-state index is 14.4. The van der Waals surface area contributed by atoms with Crippen LogP contribution in [0.2, 0.25) is 5.02 Å². The van der Waals surface area contributed by atoms with E-state index in [1.54, 1.807) is 6.33 Å². The molecule has 20 heteroatoms. The van der Waals surface area contributed by atoms with Gasteiger partial charge in [0, 0.05) is 114 Å². The first-order valence-corrected chi connectivity index (χ1v) is 31.3. The van der Waals surface area contributed by atoms with Crippen LogP contribution >= 0.6 is 11.6 Å². The third-order valence-electron chi connectivity index (χ3n) is 19.0. The SMILES string of the molecule is NC1(C(=O)N[C@@H](CCN2CCN(C(=O)CN3CCC(OC4CCN(C(=O)[C@H](NC(=O)c5cccc(C6CCCN(C(=O)CNC7CC7)C6)c5)C5CCCCC5)CC4)CC3)CC2)c2ccc(Cl)cc2)CCN(c2ncnc3[nH]ccc23)CC1. The largest absolute Gasteiger partial charge is 0.375 e. The summed E-state index contributed by atoms with van der Waals surface area (Å²) < 4.78 is 6.70. The monoisotopic (exact) mass is 1140 g/mol. The number of amides is 5. The molecule has 6 N–H and O–H groups in total. The number of nitrogens with one attached hydrogen (secondary N) is 4. The molecular formula is C62H86ClN13O6. The summed E-state index contributed by atoms with van der Waals surface area (Å²) >= 11 is 6.29. The number of hydrogen-bond acceptors (Lipinski definition) is 13. The van der Waals surface area contributed by atoms with Crippen LogP contribution in [0.3, 0.4) is 0 Å². The number of nitrogens with two attached hydrogens (primary N) is 1. The van der Waals surface area contributed by atoms with Gasteiger partial charge in [-0.2, -0.15) is 0 Å². The summed E-state index contributed by atoms with van der Waals surface area (Å²) in [4.78, 5) is 94.0. The second-order valence-electron chi connectivity index (χ2n) is 24.6. The number of carbonyl (C=O) groups excluding carboxylic acids is 5. The lowest BCUT2D eigenvalue weighted by Gasteiger charge is -2.40. The average molecular weight is 1140 g/mol. The van der Waals surface area contributed by atoms with Crippen LogP contribution in [0.25, 0.3) is 11.0 Å². The Bertz CT molecular complexity index is 2810. The van der Waals surface area contributed by atoms with Crippen LogP contribution in [0, 0.1) is 5.92 Å². The Morgan fingerprint density at radius 1 is 0.720 bits per heavy atom. The Morgan fingerprint density at radius 3 is 2.18 bits per heavy atom. The third-order valence-corrected chi connectivity index (χ3v) is 19.2. The molecule has 5 saturated heterocycles. The van der Waals surface area contributed by atoms with Crippen LogP contribution in [-0.4, -0.2) is 197 Å². The lowest BCUT2D eigenvalue weighted by Crippen LogP contribution is -2.60. The van der Waals surface area contributed by atoms with Gasteiger partial charge in [-0.1, -0.05) is 55.1 Å². The van der Waals surface area contributed by atoms with E-state index in [0.717, 1.165) is 151 Å². The molecule has 3 atom stereocenters. The molecule has 5 aliphatic heterocycles. The molecule has 7 fully saturated rings. The predicted octanol–water partition coefficient (Wildman–Crippen LogP) is 5.61. The number of nitrogens with zero attached hydrogens (tertiary/aromatic N) is 8. The van der Waals surface area contributed by atoms with Crippen LogP contribution in [0.15, 0.2) is 67.1 Å². The Balaban J connectivity index is 0.595. The second-order valence-corrected chi connectivity index (χ2v) is 25.1. The molecule has 2 aromatic carbocycles. The van der Waals surface area contributed by atoms with Gasteiger partial charge >= 0.3 is 0 Å². The van der Waals surface area contributed by atoms with E-state index in [-0.39, 0.29) is 59.6 Å². The number of likely N-dealkylation sites (tertiary alicyclic amines) is 3. The van der Waals surface area contributed by atoms with Crippen molar-refractivity contribution in [1.29, 1.82) is 0 Å². The number of aromatic amines is 1. The van der Waals surface area contributed by atoms with Crippen molar-refractivity contribution in [2.75, 3.05) is 103 Å². The van der Waals surface area contributed by atoms with E-state index < -0.39 is 11.6 Å². The Labute approximate surface area is 488 Å². The fourth-order valence-electron chi connectivity index (χ4n) is 13.6. The van der Waals surface area contributed by atoms with Crippen LogP contribution in [0.4, 0.5) is 5.82 Å². The third kappa shape index (κ3) is 14.6. The minimum absolute atomic E-state index is 0.0202. The molecule has 11 rings (SSSR count). The van der Waals surface area contributed by atoms with Gasteiger partial charge in [-0.3, -0.25) is 33.8 Å². The number of ether oxygens (including phenoxy) is 1. The summed E-state index contributed by atoms with van der Waals surface area (Å²) in [6.45, 7) is 9.82. The van der Waals surface area contributed by atoms with Crippen molar-refractivity contribution in [3.63, 3.8) is 0 Å².